The Kier molecular flexibility index (Phi) is 6.24. The molecule has 2 saturated carbocycles. The van der Waals surface area contributed by atoms with Crippen molar-refractivity contribution in [3.63, 3.8) is 0 Å². The maximum Gasteiger partial charge on any atom is 0.177 e. The van der Waals surface area contributed by atoms with Crippen molar-refractivity contribution in [3.8, 4) is 5.75 Å². The molecule has 208 valence electrons. The third-order valence-corrected chi connectivity index (χ3v) is 10.4. The molecule has 0 bridgehead atoms. The monoisotopic (exact) mass is 534 g/mol. The zero-order valence-corrected chi connectivity index (χ0v) is 23.4. The molecular formula is C32H38O7. The predicted octanol–water partition coefficient (Wildman–Crippen LogP) is 5.98. The lowest BCUT2D eigenvalue weighted by Crippen LogP contribution is -2.59. The Bertz CT molecular complexity index is 1390. The first-order valence-electron chi connectivity index (χ1n) is 14.0. The number of aliphatic hydroxyl groups excluding tert-OH is 2. The zero-order valence-electron chi connectivity index (χ0n) is 23.4. The molecule has 0 aromatic heterocycles. The lowest BCUT2D eigenvalue weighted by Gasteiger charge is -2.57. The molecule has 0 radical (unpaired) electrons. The molecule has 0 aliphatic heterocycles. The Morgan fingerprint density at radius 1 is 0.974 bits per heavy atom. The van der Waals surface area contributed by atoms with E-state index in [4.69, 9.17) is 0 Å². The SMILES string of the molecule is CC(=O)C1=C(O)[C@]2(C)C(=O)C3=C(O)c4c(O)ccc(C(=O)CC5CCC(C)CC5)c4C[C@]3(C)C[C@]2(C)CC1=O. The normalized spacial score (nSPS) is 34.4. The topological polar surface area (TPSA) is 129 Å². The number of aliphatic hydroxyl groups is 2. The van der Waals surface area contributed by atoms with Crippen molar-refractivity contribution in [3.05, 3.63) is 45.7 Å². The number of phenolic OH excluding ortho intramolecular Hbond substituents is 1. The second-order valence-electron chi connectivity index (χ2n) is 13.3. The molecule has 1 aromatic rings. The van der Waals surface area contributed by atoms with Gasteiger partial charge in [0.25, 0.3) is 0 Å². The molecule has 0 unspecified atom stereocenters. The number of Topliss-reactive ketones (excluding diaryl/α,β-unsaturated/α-hetero) is 4. The Morgan fingerprint density at radius 3 is 2.23 bits per heavy atom. The van der Waals surface area contributed by atoms with E-state index in [1.54, 1.807) is 13.0 Å². The van der Waals surface area contributed by atoms with E-state index < -0.39 is 45.1 Å². The Balaban J connectivity index is 1.63. The van der Waals surface area contributed by atoms with Crippen molar-refractivity contribution >= 4 is 28.9 Å². The molecular weight excluding hydrogens is 496 g/mol. The molecule has 7 heteroatoms. The number of fused-ring (bicyclic) bond motifs is 3. The highest BCUT2D eigenvalue weighted by Gasteiger charge is 2.66. The van der Waals surface area contributed by atoms with Crippen LogP contribution < -0.4 is 0 Å². The zero-order chi connectivity index (χ0) is 28.7. The third kappa shape index (κ3) is 3.83. The van der Waals surface area contributed by atoms with Gasteiger partial charge in [0.05, 0.1) is 16.6 Å². The van der Waals surface area contributed by atoms with Gasteiger partial charge in [0.15, 0.2) is 23.1 Å². The predicted molar refractivity (Wildman–Crippen MR) is 145 cm³/mol. The van der Waals surface area contributed by atoms with Crippen LogP contribution in [0.3, 0.4) is 0 Å². The van der Waals surface area contributed by atoms with E-state index in [9.17, 15) is 34.5 Å². The maximum atomic E-state index is 14.3. The Labute approximate surface area is 229 Å². The lowest BCUT2D eigenvalue weighted by molar-refractivity contribution is -0.144. The minimum absolute atomic E-state index is 0.0386. The van der Waals surface area contributed by atoms with Crippen LogP contribution in [0.15, 0.2) is 29.0 Å². The van der Waals surface area contributed by atoms with Crippen LogP contribution in [0.4, 0.5) is 0 Å². The van der Waals surface area contributed by atoms with E-state index in [2.05, 4.69) is 6.92 Å². The van der Waals surface area contributed by atoms with Crippen LogP contribution in [0, 0.1) is 28.1 Å². The van der Waals surface area contributed by atoms with Crippen LogP contribution >= 0.6 is 0 Å². The maximum absolute atomic E-state index is 14.3. The van der Waals surface area contributed by atoms with Crippen molar-refractivity contribution in [1.29, 1.82) is 0 Å². The van der Waals surface area contributed by atoms with Gasteiger partial charge in [0, 0.05) is 29.4 Å². The summed E-state index contributed by atoms with van der Waals surface area (Å²) < 4.78 is 0. The van der Waals surface area contributed by atoms with Gasteiger partial charge >= 0.3 is 0 Å². The quantitative estimate of drug-likeness (QED) is 0.320. The van der Waals surface area contributed by atoms with Crippen LogP contribution in [0.1, 0.15) is 101 Å². The molecule has 1 aromatic carbocycles. The van der Waals surface area contributed by atoms with E-state index in [1.807, 2.05) is 6.92 Å². The molecule has 0 saturated heterocycles. The van der Waals surface area contributed by atoms with E-state index in [1.165, 1.54) is 19.9 Å². The lowest BCUT2D eigenvalue weighted by atomic mass is 9.43. The van der Waals surface area contributed by atoms with Gasteiger partial charge < -0.3 is 15.3 Å². The fraction of sp³-hybridized carbons (Fsp3) is 0.562. The van der Waals surface area contributed by atoms with Crippen molar-refractivity contribution in [2.75, 3.05) is 0 Å². The van der Waals surface area contributed by atoms with Crippen molar-refractivity contribution < 1.29 is 34.5 Å². The summed E-state index contributed by atoms with van der Waals surface area (Å²) in [6.07, 6.45) is 4.96. The minimum atomic E-state index is -1.61. The third-order valence-electron chi connectivity index (χ3n) is 10.4. The molecule has 4 aliphatic rings. The molecule has 4 aliphatic carbocycles. The number of rotatable bonds is 4. The first-order chi connectivity index (χ1) is 18.1. The summed E-state index contributed by atoms with van der Waals surface area (Å²) in [7, 11) is 0. The van der Waals surface area contributed by atoms with Gasteiger partial charge in [-0.2, -0.15) is 0 Å². The van der Waals surface area contributed by atoms with Gasteiger partial charge in [-0.3, -0.25) is 19.2 Å². The fourth-order valence-corrected chi connectivity index (χ4v) is 8.05. The van der Waals surface area contributed by atoms with Gasteiger partial charge in [0.2, 0.25) is 0 Å². The van der Waals surface area contributed by atoms with E-state index in [-0.39, 0.29) is 47.5 Å². The first kappa shape index (κ1) is 27.4. The van der Waals surface area contributed by atoms with Crippen molar-refractivity contribution in [2.45, 2.75) is 86.0 Å². The number of carbonyl (C=O) groups is 4. The first-order valence-corrected chi connectivity index (χ1v) is 14.0. The molecule has 5 rings (SSSR count). The summed E-state index contributed by atoms with van der Waals surface area (Å²) in [5.74, 6) is -1.94. The highest BCUT2D eigenvalue weighted by Crippen LogP contribution is 2.66. The van der Waals surface area contributed by atoms with Crippen molar-refractivity contribution in [1.82, 2.24) is 0 Å². The second kappa shape index (κ2) is 8.90. The van der Waals surface area contributed by atoms with Crippen LogP contribution in [0.2, 0.25) is 0 Å². The molecule has 0 spiro atoms. The minimum Gasteiger partial charge on any atom is -0.510 e. The van der Waals surface area contributed by atoms with Crippen LogP contribution in [0.5, 0.6) is 5.75 Å². The van der Waals surface area contributed by atoms with Crippen LogP contribution in [-0.4, -0.2) is 38.5 Å². The number of benzene rings is 1. The molecule has 0 amide bonds. The number of hydrogen-bond acceptors (Lipinski definition) is 7. The van der Waals surface area contributed by atoms with Gasteiger partial charge in [-0.15, -0.1) is 0 Å². The largest absolute Gasteiger partial charge is 0.510 e. The van der Waals surface area contributed by atoms with Crippen LogP contribution in [0.25, 0.3) is 5.76 Å². The molecule has 0 heterocycles. The molecule has 7 nitrogen and oxygen atoms in total. The summed E-state index contributed by atoms with van der Waals surface area (Å²) in [4.78, 5) is 53.1. The number of allylic oxidation sites excluding steroid dienone is 3. The Hall–Kier alpha value is -3.22. The summed E-state index contributed by atoms with van der Waals surface area (Å²) in [6, 6.07) is 3.00. The van der Waals surface area contributed by atoms with Gasteiger partial charge in [0.1, 0.15) is 17.3 Å². The Morgan fingerprint density at radius 2 is 1.62 bits per heavy atom. The van der Waals surface area contributed by atoms with Gasteiger partial charge in [-0.25, -0.2) is 0 Å². The van der Waals surface area contributed by atoms with Gasteiger partial charge in [-0.05, 0) is 74.5 Å². The highest BCUT2D eigenvalue weighted by atomic mass is 16.3. The average molecular weight is 535 g/mol. The number of phenols is 1. The molecule has 3 N–H and O–H groups in total. The van der Waals surface area contributed by atoms with Crippen LogP contribution in [-0.2, 0) is 20.8 Å². The summed E-state index contributed by atoms with van der Waals surface area (Å²) in [6.45, 7) is 8.54. The molecule has 3 atom stereocenters. The van der Waals surface area contributed by atoms with E-state index in [0.717, 1.165) is 25.7 Å². The van der Waals surface area contributed by atoms with Crippen molar-refractivity contribution in [2.24, 2.45) is 28.1 Å². The average Bonchev–Trinajstić information content (AvgIpc) is 2.82. The van der Waals surface area contributed by atoms with E-state index in [0.29, 0.717) is 29.4 Å². The number of ketones is 4. The summed E-state index contributed by atoms with van der Waals surface area (Å²) >= 11 is 0. The molecule has 2 fully saturated rings. The van der Waals surface area contributed by atoms with E-state index >= 15 is 0 Å². The van der Waals surface area contributed by atoms with Gasteiger partial charge in [-0.1, -0.05) is 33.6 Å². The number of hydrogen-bond donors (Lipinski definition) is 3. The number of carbonyl (C=O) groups excluding carboxylic acids is 4. The fourth-order valence-electron chi connectivity index (χ4n) is 8.05. The standard InChI is InChI=1S/C32H38O7/c1-16-6-8-18(9-7-16)12-22(35)19-10-11-21(34)25-20(19)13-30(3)15-31(4)14-23(36)24(17(2)33)28(38)32(31,5)29(39)26(30)27(25)37/h10-11,16,18,34,37-38H,6-9,12-15H2,1-5H3/t16?,18?,30-,31+,32-/m1/s1. The highest BCUT2D eigenvalue weighted by molar-refractivity contribution is 6.23. The number of aromatic hydroxyl groups is 1. The summed E-state index contributed by atoms with van der Waals surface area (Å²) in [5.41, 5.74) is -2.87. The smallest absolute Gasteiger partial charge is 0.177 e. The molecule has 39 heavy (non-hydrogen) atoms. The second-order valence-corrected chi connectivity index (χ2v) is 13.3. The summed E-state index contributed by atoms with van der Waals surface area (Å²) in [5, 5.41) is 33.6.